The summed E-state index contributed by atoms with van der Waals surface area (Å²) in [5, 5.41) is 0. The van der Waals surface area contributed by atoms with Crippen molar-refractivity contribution in [3.8, 4) is 0 Å². The van der Waals surface area contributed by atoms with Gasteiger partial charge in [-0.1, -0.05) is 119 Å². The maximum absolute atomic E-state index is 7.30. The number of allylic oxidation sites excluding steroid dienone is 10. The van der Waals surface area contributed by atoms with Crippen molar-refractivity contribution < 1.29 is 4.74 Å². The summed E-state index contributed by atoms with van der Waals surface area (Å²) in [5.74, 6) is 7.69. The van der Waals surface area contributed by atoms with Gasteiger partial charge >= 0.3 is 0 Å². The van der Waals surface area contributed by atoms with Gasteiger partial charge in [0.15, 0.2) is 0 Å². The van der Waals surface area contributed by atoms with Crippen LogP contribution in [-0.2, 0) is 4.74 Å². The van der Waals surface area contributed by atoms with Gasteiger partial charge in [-0.25, -0.2) is 0 Å². The Kier molecular flexibility index (Phi) is 10.0. The molecule has 0 aromatic carbocycles. The lowest BCUT2D eigenvalue weighted by molar-refractivity contribution is -0.0140. The first-order valence-corrected chi connectivity index (χ1v) is 21.9. The van der Waals surface area contributed by atoms with Gasteiger partial charge < -0.3 is 9.64 Å². The van der Waals surface area contributed by atoms with Crippen molar-refractivity contribution in [1.82, 2.24) is 4.90 Å². The van der Waals surface area contributed by atoms with Gasteiger partial charge in [-0.2, -0.15) is 0 Å². The van der Waals surface area contributed by atoms with E-state index in [1.54, 1.807) is 16.8 Å². The zero-order chi connectivity index (χ0) is 32.6. The predicted octanol–water partition coefficient (Wildman–Crippen LogP) is 12.9. The van der Waals surface area contributed by atoms with Crippen molar-refractivity contribution in [2.45, 2.75) is 173 Å². The summed E-state index contributed by atoms with van der Waals surface area (Å²) in [6.45, 7) is 0. The van der Waals surface area contributed by atoms with E-state index in [0.29, 0.717) is 29.9 Å². The molecule has 0 aromatic heterocycles. The van der Waals surface area contributed by atoms with Crippen LogP contribution < -0.4 is 0 Å². The molecular formula is C47H67NO. The highest BCUT2D eigenvalue weighted by molar-refractivity contribution is 5.39. The van der Waals surface area contributed by atoms with Crippen molar-refractivity contribution in [1.29, 1.82) is 0 Å². The monoisotopic (exact) mass is 662 g/mol. The van der Waals surface area contributed by atoms with Crippen molar-refractivity contribution >= 4 is 0 Å². The smallest absolute Gasteiger partial charge is 0.108 e. The SMILES string of the molecule is C1=CC(N(C2=CC=C(C3CCCCC3)CC2)C2CCC(C3CCCC3)CC2)=CC(C2CC=CC3=C2OC2C3CCCC2C2CCCCC2)C1. The summed E-state index contributed by atoms with van der Waals surface area (Å²) in [6.07, 6.45) is 53.6. The van der Waals surface area contributed by atoms with Crippen LogP contribution in [0.3, 0.4) is 0 Å². The van der Waals surface area contributed by atoms with Crippen LogP contribution in [0.1, 0.15) is 161 Å². The standard InChI is InChI=1S/C47H67NO/c1-3-12-33(13-4-1)35-24-28-39(29-25-35)48(40-30-26-36(27-31-40)34-14-7-8-15-34)41-19-9-18-38(32-41)43-21-11-23-45-44-22-10-20-42(46(44)49-47(43)45)37-16-5-2-6-17-37/h9,11,19,23-24,28,32-34,36-38,40,42-44,46H,1-8,10,12-18,20-22,25-27,29-31H2. The lowest BCUT2D eigenvalue weighted by atomic mass is 9.67. The second-order valence-electron chi connectivity index (χ2n) is 18.4. The summed E-state index contributed by atoms with van der Waals surface area (Å²) in [7, 11) is 0. The Morgan fingerprint density at radius 3 is 2.06 bits per heavy atom. The van der Waals surface area contributed by atoms with E-state index in [1.807, 2.05) is 0 Å². The van der Waals surface area contributed by atoms with E-state index in [4.69, 9.17) is 4.74 Å². The van der Waals surface area contributed by atoms with Gasteiger partial charge in [-0.15, -0.1) is 0 Å². The highest BCUT2D eigenvalue weighted by atomic mass is 16.5. The van der Waals surface area contributed by atoms with Gasteiger partial charge in [-0.3, -0.25) is 0 Å². The molecule has 1 aliphatic heterocycles. The predicted molar refractivity (Wildman–Crippen MR) is 203 cm³/mol. The van der Waals surface area contributed by atoms with Gasteiger partial charge in [0.2, 0.25) is 0 Å². The number of hydrogen-bond acceptors (Lipinski definition) is 2. The number of nitrogens with zero attached hydrogens (tertiary/aromatic N) is 1. The number of rotatable bonds is 7. The molecule has 0 aromatic rings. The van der Waals surface area contributed by atoms with Crippen LogP contribution in [0.4, 0.5) is 0 Å². The average molecular weight is 662 g/mol. The zero-order valence-corrected chi connectivity index (χ0v) is 30.8. The molecule has 5 saturated carbocycles. The Hall–Kier alpha value is -1.96. The third-order valence-electron chi connectivity index (χ3n) is 15.7. The molecule has 0 spiro atoms. The van der Waals surface area contributed by atoms with Crippen molar-refractivity contribution in [3.63, 3.8) is 0 Å². The van der Waals surface area contributed by atoms with Gasteiger partial charge in [0.05, 0.1) is 0 Å². The second kappa shape index (κ2) is 14.9. The third-order valence-corrected chi connectivity index (χ3v) is 15.7. The highest BCUT2D eigenvalue weighted by Gasteiger charge is 2.48. The van der Waals surface area contributed by atoms with Crippen LogP contribution >= 0.6 is 0 Å². The molecule has 0 bridgehead atoms. The summed E-state index contributed by atoms with van der Waals surface area (Å²) in [5.41, 5.74) is 6.51. The Morgan fingerprint density at radius 2 is 1.29 bits per heavy atom. The minimum Gasteiger partial charge on any atom is -0.493 e. The van der Waals surface area contributed by atoms with Crippen LogP contribution in [-0.4, -0.2) is 17.0 Å². The molecule has 1 heterocycles. The molecule has 5 fully saturated rings. The Balaban J connectivity index is 0.969. The number of ether oxygens (including phenoxy) is 1. The number of fused-ring (bicyclic) bond motifs is 2. The maximum atomic E-state index is 7.30. The van der Waals surface area contributed by atoms with Gasteiger partial charge in [-0.05, 0) is 130 Å². The molecule has 266 valence electrons. The fourth-order valence-electron chi connectivity index (χ4n) is 13.1. The van der Waals surface area contributed by atoms with Gasteiger partial charge in [0, 0.05) is 29.3 Å². The van der Waals surface area contributed by atoms with Crippen LogP contribution in [0, 0.1) is 47.3 Å². The molecular weight excluding hydrogens is 595 g/mol. The van der Waals surface area contributed by atoms with Gasteiger partial charge in [0.1, 0.15) is 11.9 Å². The van der Waals surface area contributed by atoms with Crippen molar-refractivity contribution in [3.05, 3.63) is 70.8 Å². The topological polar surface area (TPSA) is 12.5 Å². The van der Waals surface area contributed by atoms with E-state index in [9.17, 15) is 0 Å². The number of hydrogen-bond donors (Lipinski definition) is 0. The summed E-state index contributed by atoms with van der Waals surface area (Å²) >= 11 is 0. The molecule has 8 aliphatic carbocycles. The Morgan fingerprint density at radius 1 is 0.571 bits per heavy atom. The lowest BCUT2D eigenvalue weighted by Crippen LogP contribution is -2.39. The van der Waals surface area contributed by atoms with E-state index in [-0.39, 0.29) is 0 Å². The van der Waals surface area contributed by atoms with E-state index in [0.717, 1.165) is 42.4 Å². The molecule has 0 radical (unpaired) electrons. The molecule has 9 aliphatic rings. The quantitative estimate of drug-likeness (QED) is 0.269. The molecule has 5 atom stereocenters. The van der Waals surface area contributed by atoms with E-state index in [2.05, 4.69) is 47.4 Å². The van der Waals surface area contributed by atoms with Crippen LogP contribution in [0.2, 0.25) is 0 Å². The lowest BCUT2D eigenvalue weighted by Gasteiger charge is -2.43. The Labute approximate surface area is 299 Å². The molecule has 2 nitrogen and oxygen atoms in total. The summed E-state index contributed by atoms with van der Waals surface area (Å²) < 4.78 is 7.30. The van der Waals surface area contributed by atoms with Crippen molar-refractivity contribution in [2.75, 3.05) is 0 Å². The largest absolute Gasteiger partial charge is 0.493 e. The second-order valence-corrected chi connectivity index (χ2v) is 18.4. The van der Waals surface area contributed by atoms with E-state index < -0.39 is 0 Å². The van der Waals surface area contributed by atoms with E-state index >= 15 is 0 Å². The normalized spacial score (nSPS) is 37.6. The summed E-state index contributed by atoms with van der Waals surface area (Å²) in [6, 6.07) is 0.658. The maximum Gasteiger partial charge on any atom is 0.108 e. The van der Waals surface area contributed by atoms with Gasteiger partial charge in [0.25, 0.3) is 0 Å². The fourth-order valence-corrected chi connectivity index (χ4v) is 13.1. The average Bonchev–Trinajstić information content (AvgIpc) is 3.86. The first-order valence-electron chi connectivity index (χ1n) is 21.9. The minimum absolute atomic E-state index is 0.457. The molecule has 2 heteroatoms. The first kappa shape index (κ1) is 32.9. The molecule has 0 N–H and O–H groups in total. The first-order chi connectivity index (χ1) is 24.3. The fraction of sp³-hybridized carbons (Fsp3) is 0.745. The minimum atomic E-state index is 0.457. The molecule has 0 amide bonds. The Bertz CT molecular complexity index is 1350. The van der Waals surface area contributed by atoms with Crippen LogP contribution in [0.25, 0.3) is 0 Å². The molecule has 0 saturated heterocycles. The van der Waals surface area contributed by atoms with Crippen molar-refractivity contribution in [2.24, 2.45) is 47.3 Å². The highest BCUT2D eigenvalue weighted by Crippen LogP contribution is 2.53. The molecule has 5 unspecified atom stereocenters. The third kappa shape index (κ3) is 6.75. The van der Waals surface area contributed by atoms with Crippen LogP contribution in [0.15, 0.2) is 70.8 Å². The zero-order valence-electron chi connectivity index (χ0n) is 30.8. The van der Waals surface area contributed by atoms with E-state index in [1.165, 1.54) is 159 Å². The van der Waals surface area contributed by atoms with Crippen LogP contribution in [0.5, 0.6) is 0 Å². The molecule has 9 rings (SSSR count). The summed E-state index contributed by atoms with van der Waals surface area (Å²) in [4.78, 5) is 2.91. The molecule has 49 heavy (non-hydrogen) atoms.